The first-order chi connectivity index (χ1) is 13.2. The maximum absolute atomic E-state index is 12.8. The van der Waals surface area contributed by atoms with Gasteiger partial charge in [0, 0.05) is 5.69 Å². The van der Waals surface area contributed by atoms with Gasteiger partial charge < -0.3 is 15.6 Å². The predicted molar refractivity (Wildman–Crippen MR) is 107 cm³/mol. The number of thiophene rings is 1. The summed E-state index contributed by atoms with van der Waals surface area (Å²) < 4.78 is 5.07. The van der Waals surface area contributed by atoms with E-state index < -0.39 is 0 Å². The van der Waals surface area contributed by atoms with E-state index in [1.165, 1.54) is 33.6 Å². The molecule has 5 rings (SSSR count). The molecule has 0 spiro atoms. The van der Waals surface area contributed by atoms with Crippen molar-refractivity contribution < 1.29 is 9.32 Å². The molecule has 0 atom stereocenters. The van der Waals surface area contributed by atoms with Crippen molar-refractivity contribution in [2.24, 2.45) is 0 Å². The maximum atomic E-state index is 12.8. The molecule has 2 aromatic carbocycles. The Balaban J connectivity index is 1.45. The molecule has 0 unspecified atom stereocenters. The molecule has 1 amide bonds. The zero-order valence-electron chi connectivity index (χ0n) is 14.2. The fraction of sp³-hybridized carbons (Fsp3) is 0.0476. The standard InChI is InChI=1S/C21H15N3O2S/c22-20-18(19(24-26-20)17-6-3-9-27-17)21(25)23-14-7-8-16-13(11-14)10-12-4-1-2-5-15(12)16/h1-9,11H,10,22H2,(H,23,25). The second kappa shape index (κ2) is 6.10. The third-order valence-electron chi connectivity index (χ3n) is 4.75. The SMILES string of the molecule is Nc1onc(-c2cccs2)c1C(=O)Nc1ccc2c(c1)Cc1ccccc1-2. The molecule has 0 bridgehead atoms. The lowest BCUT2D eigenvalue weighted by Crippen LogP contribution is -2.14. The van der Waals surface area contributed by atoms with Gasteiger partial charge in [-0.2, -0.15) is 0 Å². The van der Waals surface area contributed by atoms with Crippen molar-refractivity contribution in [2.45, 2.75) is 6.42 Å². The molecular formula is C21H15N3O2S. The number of nitrogens with one attached hydrogen (secondary N) is 1. The lowest BCUT2D eigenvalue weighted by molar-refractivity contribution is 0.102. The minimum absolute atomic E-state index is 0.0180. The van der Waals surface area contributed by atoms with Gasteiger partial charge in [0.25, 0.3) is 5.91 Å². The third-order valence-corrected chi connectivity index (χ3v) is 5.63. The highest BCUT2D eigenvalue weighted by atomic mass is 32.1. The maximum Gasteiger partial charge on any atom is 0.263 e. The summed E-state index contributed by atoms with van der Waals surface area (Å²) in [4.78, 5) is 13.7. The number of rotatable bonds is 3. The molecule has 132 valence electrons. The molecule has 0 saturated carbocycles. The van der Waals surface area contributed by atoms with Gasteiger partial charge in [-0.1, -0.05) is 41.6 Å². The number of nitrogens with two attached hydrogens (primary N) is 1. The Kier molecular flexibility index (Phi) is 3.58. The number of fused-ring (bicyclic) bond motifs is 3. The Labute approximate surface area is 159 Å². The van der Waals surface area contributed by atoms with E-state index in [9.17, 15) is 4.79 Å². The fourth-order valence-electron chi connectivity index (χ4n) is 3.52. The summed E-state index contributed by atoms with van der Waals surface area (Å²) in [5, 5.41) is 8.80. The van der Waals surface area contributed by atoms with E-state index in [4.69, 9.17) is 10.3 Å². The number of nitrogen functional groups attached to an aromatic ring is 1. The van der Waals surface area contributed by atoms with Crippen LogP contribution in [-0.4, -0.2) is 11.1 Å². The molecular weight excluding hydrogens is 358 g/mol. The average molecular weight is 373 g/mol. The van der Waals surface area contributed by atoms with E-state index in [-0.39, 0.29) is 17.4 Å². The van der Waals surface area contributed by atoms with Crippen molar-refractivity contribution >= 4 is 28.8 Å². The topological polar surface area (TPSA) is 81.2 Å². The monoisotopic (exact) mass is 373 g/mol. The summed E-state index contributed by atoms with van der Waals surface area (Å²) in [5.41, 5.74) is 12.3. The van der Waals surface area contributed by atoms with Crippen LogP contribution in [0.1, 0.15) is 21.5 Å². The van der Waals surface area contributed by atoms with Gasteiger partial charge in [0.15, 0.2) is 0 Å². The molecule has 0 radical (unpaired) electrons. The Morgan fingerprint density at radius 1 is 1.07 bits per heavy atom. The number of carbonyl (C=O) groups is 1. The van der Waals surface area contributed by atoms with Crippen LogP contribution in [0.4, 0.5) is 11.6 Å². The van der Waals surface area contributed by atoms with Gasteiger partial charge >= 0.3 is 0 Å². The predicted octanol–water partition coefficient (Wildman–Crippen LogP) is 4.81. The normalized spacial score (nSPS) is 11.9. The Morgan fingerprint density at radius 3 is 2.78 bits per heavy atom. The van der Waals surface area contributed by atoms with Crippen molar-refractivity contribution in [1.82, 2.24) is 5.16 Å². The number of hydrogen-bond donors (Lipinski definition) is 2. The van der Waals surface area contributed by atoms with E-state index in [1.807, 2.05) is 47.8 Å². The van der Waals surface area contributed by atoms with Crippen LogP contribution in [0.3, 0.4) is 0 Å². The number of aromatic nitrogens is 1. The summed E-state index contributed by atoms with van der Waals surface area (Å²) >= 11 is 1.48. The van der Waals surface area contributed by atoms with Gasteiger partial charge in [0.2, 0.25) is 5.88 Å². The average Bonchev–Trinajstić information content (AvgIpc) is 3.39. The van der Waals surface area contributed by atoms with Gasteiger partial charge in [-0.15, -0.1) is 11.3 Å². The van der Waals surface area contributed by atoms with Crippen LogP contribution < -0.4 is 11.1 Å². The van der Waals surface area contributed by atoms with Crippen LogP contribution in [0, 0.1) is 0 Å². The Hall–Kier alpha value is -3.38. The number of hydrogen-bond acceptors (Lipinski definition) is 5. The van der Waals surface area contributed by atoms with E-state index >= 15 is 0 Å². The summed E-state index contributed by atoms with van der Waals surface area (Å²) in [6.45, 7) is 0. The number of anilines is 2. The van der Waals surface area contributed by atoms with Crippen LogP contribution in [0.25, 0.3) is 21.7 Å². The zero-order chi connectivity index (χ0) is 18.4. The fourth-order valence-corrected chi connectivity index (χ4v) is 4.23. The van der Waals surface area contributed by atoms with Gasteiger partial charge in [0.1, 0.15) is 11.3 Å². The molecule has 0 fully saturated rings. The van der Waals surface area contributed by atoms with Crippen LogP contribution in [0.2, 0.25) is 0 Å². The first kappa shape index (κ1) is 15.8. The minimum atomic E-state index is -0.326. The van der Waals surface area contributed by atoms with Gasteiger partial charge in [0.05, 0.1) is 4.88 Å². The van der Waals surface area contributed by atoms with Crippen molar-refractivity contribution in [1.29, 1.82) is 0 Å². The van der Waals surface area contributed by atoms with Crippen molar-refractivity contribution in [3.05, 3.63) is 76.7 Å². The van der Waals surface area contributed by atoms with E-state index in [2.05, 4.69) is 22.6 Å². The number of benzene rings is 2. The van der Waals surface area contributed by atoms with Gasteiger partial charge in [-0.05, 0) is 52.3 Å². The van der Waals surface area contributed by atoms with Crippen LogP contribution >= 0.6 is 11.3 Å². The number of carbonyl (C=O) groups excluding carboxylic acids is 1. The van der Waals surface area contributed by atoms with Crippen molar-refractivity contribution in [3.63, 3.8) is 0 Å². The summed E-state index contributed by atoms with van der Waals surface area (Å²) in [5.74, 6) is -0.308. The molecule has 27 heavy (non-hydrogen) atoms. The Bertz CT molecular complexity index is 1160. The highest BCUT2D eigenvalue weighted by Gasteiger charge is 2.24. The van der Waals surface area contributed by atoms with Gasteiger partial charge in [-0.25, -0.2) is 0 Å². The zero-order valence-corrected chi connectivity index (χ0v) is 15.0. The molecule has 0 saturated heterocycles. The summed E-state index contributed by atoms with van der Waals surface area (Å²) in [6, 6.07) is 18.1. The van der Waals surface area contributed by atoms with Crippen molar-refractivity contribution in [2.75, 3.05) is 11.1 Å². The molecule has 6 heteroatoms. The second-order valence-electron chi connectivity index (χ2n) is 6.41. The van der Waals surface area contributed by atoms with Gasteiger partial charge in [-0.3, -0.25) is 4.79 Å². The minimum Gasteiger partial charge on any atom is -0.367 e. The molecule has 4 aromatic rings. The number of nitrogens with zero attached hydrogens (tertiary/aromatic N) is 1. The molecule has 5 nitrogen and oxygen atoms in total. The molecule has 2 heterocycles. The van der Waals surface area contributed by atoms with Crippen LogP contribution in [0.15, 0.2) is 64.5 Å². The summed E-state index contributed by atoms with van der Waals surface area (Å²) in [7, 11) is 0. The summed E-state index contributed by atoms with van der Waals surface area (Å²) in [6.07, 6.45) is 0.866. The molecule has 2 aromatic heterocycles. The lowest BCUT2D eigenvalue weighted by atomic mass is 10.1. The second-order valence-corrected chi connectivity index (χ2v) is 7.36. The van der Waals surface area contributed by atoms with Crippen LogP contribution in [0.5, 0.6) is 0 Å². The van der Waals surface area contributed by atoms with Crippen molar-refractivity contribution in [3.8, 4) is 21.7 Å². The van der Waals surface area contributed by atoms with E-state index in [1.54, 1.807) is 0 Å². The lowest BCUT2D eigenvalue weighted by Gasteiger charge is -2.08. The molecule has 3 N–H and O–H groups in total. The molecule has 0 aliphatic heterocycles. The van der Waals surface area contributed by atoms with E-state index in [0.29, 0.717) is 5.69 Å². The Morgan fingerprint density at radius 2 is 1.93 bits per heavy atom. The third kappa shape index (κ3) is 2.62. The molecule has 1 aliphatic carbocycles. The number of amides is 1. The highest BCUT2D eigenvalue weighted by molar-refractivity contribution is 7.13. The first-order valence-electron chi connectivity index (χ1n) is 8.52. The van der Waals surface area contributed by atoms with E-state index in [0.717, 1.165) is 17.0 Å². The largest absolute Gasteiger partial charge is 0.367 e. The highest BCUT2D eigenvalue weighted by Crippen LogP contribution is 2.38. The first-order valence-corrected chi connectivity index (χ1v) is 9.40. The quantitative estimate of drug-likeness (QED) is 0.476. The van der Waals surface area contributed by atoms with Crippen LogP contribution in [-0.2, 0) is 6.42 Å². The smallest absolute Gasteiger partial charge is 0.263 e. The molecule has 1 aliphatic rings.